The molecule has 0 aromatic carbocycles. The highest BCUT2D eigenvalue weighted by Gasteiger charge is 2.28. The van der Waals surface area contributed by atoms with Crippen LogP contribution in [0, 0.1) is 0 Å². The Labute approximate surface area is 150 Å². The van der Waals surface area contributed by atoms with E-state index in [0.717, 1.165) is 37.9 Å². The van der Waals surface area contributed by atoms with Crippen LogP contribution in [-0.4, -0.2) is 71.5 Å². The highest BCUT2D eigenvalue weighted by Crippen LogP contribution is 2.23. The van der Waals surface area contributed by atoms with E-state index in [4.69, 9.17) is 4.74 Å². The van der Waals surface area contributed by atoms with Crippen molar-refractivity contribution in [1.29, 1.82) is 0 Å². The molecule has 1 atom stereocenters. The summed E-state index contributed by atoms with van der Waals surface area (Å²) in [7, 11) is 3.53. The average molecular weight is 349 g/mol. The van der Waals surface area contributed by atoms with Gasteiger partial charge in [0.1, 0.15) is 0 Å². The molecule has 1 aliphatic heterocycles. The van der Waals surface area contributed by atoms with Gasteiger partial charge in [0.05, 0.1) is 18.3 Å². The van der Waals surface area contributed by atoms with Crippen molar-refractivity contribution < 1.29 is 9.53 Å². The quantitative estimate of drug-likeness (QED) is 0.880. The standard InChI is InChI=1S/C18H31N5O2/c1-21-17(8-9-19-21)16(14-25-2)20-18(24)23-12-10-22(11-13-23)15-6-4-3-5-7-15/h8-9,15-16H,3-7,10-14H2,1-2H3,(H,20,24)/t16-/m0/s1. The van der Waals surface area contributed by atoms with Gasteiger partial charge in [-0.25, -0.2) is 4.79 Å². The summed E-state index contributed by atoms with van der Waals surface area (Å²) in [6.07, 6.45) is 8.48. The van der Waals surface area contributed by atoms with Gasteiger partial charge in [0.2, 0.25) is 0 Å². The van der Waals surface area contributed by atoms with Crippen molar-refractivity contribution in [2.45, 2.75) is 44.2 Å². The van der Waals surface area contributed by atoms with Crippen LogP contribution >= 0.6 is 0 Å². The van der Waals surface area contributed by atoms with E-state index in [0.29, 0.717) is 6.61 Å². The van der Waals surface area contributed by atoms with E-state index < -0.39 is 0 Å². The lowest BCUT2D eigenvalue weighted by Crippen LogP contribution is -2.55. The smallest absolute Gasteiger partial charge is 0.318 e. The van der Waals surface area contributed by atoms with Crippen molar-refractivity contribution in [2.24, 2.45) is 7.05 Å². The van der Waals surface area contributed by atoms with Gasteiger partial charge in [0.25, 0.3) is 0 Å². The van der Waals surface area contributed by atoms with E-state index in [9.17, 15) is 4.79 Å². The zero-order valence-corrected chi connectivity index (χ0v) is 15.5. The largest absolute Gasteiger partial charge is 0.382 e. The van der Waals surface area contributed by atoms with Gasteiger partial charge in [-0.1, -0.05) is 19.3 Å². The average Bonchev–Trinajstić information content (AvgIpc) is 3.08. The van der Waals surface area contributed by atoms with Crippen molar-refractivity contribution in [3.05, 3.63) is 18.0 Å². The molecule has 1 saturated carbocycles. The molecule has 7 nitrogen and oxygen atoms in total. The van der Waals surface area contributed by atoms with Crippen LogP contribution < -0.4 is 5.32 Å². The summed E-state index contributed by atoms with van der Waals surface area (Å²) in [5, 5.41) is 7.30. The lowest BCUT2D eigenvalue weighted by molar-refractivity contribution is 0.0872. The number of piperazine rings is 1. The number of amides is 2. The Morgan fingerprint density at radius 1 is 1.28 bits per heavy atom. The summed E-state index contributed by atoms with van der Waals surface area (Å²) in [5.41, 5.74) is 0.955. The fourth-order valence-corrected chi connectivity index (χ4v) is 4.07. The number of rotatable bonds is 5. The Kier molecular flexibility index (Phi) is 6.31. The molecule has 1 aliphatic carbocycles. The molecule has 1 aromatic heterocycles. The minimum Gasteiger partial charge on any atom is -0.382 e. The van der Waals surface area contributed by atoms with E-state index in [-0.39, 0.29) is 12.1 Å². The maximum Gasteiger partial charge on any atom is 0.318 e. The number of ether oxygens (including phenoxy) is 1. The topological polar surface area (TPSA) is 62.6 Å². The normalized spacial score (nSPS) is 21.3. The first kappa shape index (κ1) is 18.2. The highest BCUT2D eigenvalue weighted by atomic mass is 16.5. The van der Waals surface area contributed by atoms with Crippen molar-refractivity contribution in [2.75, 3.05) is 39.9 Å². The summed E-state index contributed by atoms with van der Waals surface area (Å²) >= 11 is 0. The Morgan fingerprint density at radius 3 is 2.60 bits per heavy atom. The van der Waals surface area contributed by atoms with E-state index in [1.54, 1.807) is 18.0 Å². The maximum atomic E-state index is 12.7. The maximum absolute atomic E-state index is 12.7. The van der Waals surface area contributed by atoms with Crippen LogP contribution in [0.3, 0.4) is 0 Å². The van der Waals surface area contributed by atoms with Gasteiger partial charge < -0.3 is 15.0 Å². The van der Waals surface area contributed by atoms with Gasteiger partial charge in [-0.3, -0.25) is 9.58 Å². The molecule has 7 heteroatoms. The zero-order valence-electron chi connectivity index (χ0n) is 15.5. The Hall–Kier alpha value is -1.60. The first-order valence-electron chi connectivity index (χ1n) is 9.45. The van der Waals surface area contributed by atoms with E-state index >= 15 is 0 Å². The molecule has 25 heavy (non-hydrogen) atoms. The fraction of sp³-hybridized carbons (Fsp3) is 0.778. The second-order valence-electron chi connectivity index (χ2n) is 7.15. The van der Waals surface area contributed by atoms with Gasteiger partial charge in [-0.2, -0.15) is 5.10 Å². The third-order valence-corrected chi connectivity index (χ3v) is 5.54. The van der Waals surface area contributed by atoms with Crippen molar-refractivity contribution in [3.8, 4) is 0 Å². The Bertz CT molecular complexity index is 547. The lowest BCUT2D eigenvalue weighted by Gasteiger charge is -2.41. The van der Waals surface area contributed by atoms with Gasteiger partial charge in [0.15, 0.2) is 0 Å². The first-order valence-corrected chi connectivity index (χ1v) is 9.45. The molecule has 0 spiro atoms. The number of urea groups is 1. The number of nitrogens with zero attached hydrogens (tertiary/aromatic N) is 4. The fourth-order valence-electron chi connectivity index (χ4n) is 4.07. The molecule has 1 saturated heterocycles. The molecule has 0 radical (unpaired) electrons. The third-order valence-electron chi connectivity index (χ3n) is 5.54. The highest BCUT2D eigenvalue weighted by molar-refractivity contribution is 5.74. The number of aromatic nitrogens is 2. The molecule has 2 amide bonds. The summed E-state index contributed by atoms with van der Waals surface area (Å²) in [6, 6.07) is 2.47. The van der Waals surface area contributed by atoms with Crippen molar-refractivity contribution in [1.82, 2.24) is 24.9 Å². The second-order valence-corrected chi connectivity index (χ2v) is 7.15. The molecular formula is C18H31N5O2. The van der Waals surface area contributed by atoms with E-state index in [2.05, 4.69) is 15.3 Å². The van der Waals surface area contributed by atoms with Crippen molar-refractivity contribution in [3.63, 3.8) is 0 Å². The number of hydrogen-bond acceptors (Lipinski definition) is 4. The summed E-state index contributed by atoms with van der Waals surface area (Å²) < 4.78 is 7.07. The molecule has 2 aliphatic rings. The van der Waals surface area contributed by atoms with E-state index in [1.807, 2.05) is 18.0 Å². The number of aryl methyl sites for hydroxylation is 1. The number of methoxy groups -OCH3 is 1. The van der Waals surface area contributed by atoms with Gasteiger partial charge in [-0.05, 0) is 18.9 Å². The van der Waals surface area contributed by atoms with E-state index in [1.165, 1.54) is 32.1 Å². The van der Waals surface area contributed by atoms with Crippen LogP contribution in [0.5, 0.6) is 0 Å². The minimum absolute atomic E-state index is 0.00783. The van der Waals surface area contributed by atoms with Gasteiger partial charge in [-0.15, -0.1) is 0 Å². The van der Waals surface area contributed by atoms with Crippen LogP contribution in [0.2, 0.25) is 0 Å². The van der Waals surface area contributed by atoms with Crippen LogP contribution in [0.25, 0.3) is 0 Å². The number of carbonyl (C=O) groups is 1. The van der Waals surface area contributed by atoms with Gasteiger partial charge >= 0.3 is 6.03 Å². The summed E-state index contributed by atoms with van der Waals surface area (Å²) in [4.78, 5) is 17.2. The molecule has 0 bridgehead atoms. The number of hydrogen-bond donors (Lipinski definition) is 1. The van der Waals surface area contributed by atoms with Gasteiger partial charge in [0, 0.05) is 52.6 Å². The summed E-state index contributed by atoms with van der Waals surface area (Å²) in [6.45, 7) is 4.01. The molecule has 3 rings (SSSR count). The predicted molar refractivity (Wildman–Crippen MR) is 96.4 cm³/mol. The van der Waals surface area contributed by atoms with Crippen LogP contribution in [0.15, 0.2) is 12.3 Å². The Morgan fingerprint density at radius 2 is 2.00 bits per heavy atom. The number of nitrogens with one attached hydrogen (secondary N) is 1. The van der Waals surface area contributed by atoms with Crippen molar-refractivity contribution >= 4 is 6.03 Å². The summed E-state index contributed by atoms with van der Waals surface area (Å²) in [5.74, 6) is 0. The number of carbonyl (C=O) groups excluding carboxylic acids is 1. The second kappa shape index (κ2) is 8.67. The first-order chi connectivity index (χ1) is 12.2. The molecule has 1 N–H and O–H groups in total. The zero-order chi connectivity index (χ0) is 17.6. The predicted octanol–water partition coefficient (Wildman–Crippen LogP) is 1.77. The Balaban J connectivity index is 1.52. The van der Waals surface area contributed by atoms with Crippen LogP contribution in [0.4, 0.5) is 4.79 Å². The minimum atomic E-state index is -0.179. The third kappa shape index (κ3) is 4.52. The van der Waals surface area contributed by atoms with Crippen LogP contribution in [0.1, 0.15) is 43.8 Å². The molecule has 140 valence electrons. The SMILES string of the molecule is COC[C@H](NC(=O)N1CCN(C2CCCCC2)CC1)c1ccnn1C. The molecule has 1 aromatic rings. The molecule has 2 fully saturated rings. The molecule has 0 unspecified atom stereocenters. The molecule has 2 heterocycles. The monoisotopic (exact) mass is 349 g/mol. The molecular weight excluding hydrogens is 318 g/mol. The van der Waals surface area contributed by atoms with Crippen LogP contribution in [-0.2, 0) is 11.8 Å². The lowest BCUT2D eigenvalue weighted by atomic mass is 9.94.